The Labute approximate surface area is 255 Å². The van der Waals surface area contributed by atoms with E-state index in [1.807, 2.05) is 20.8 Å². The number of carbonyl (C=O) groups is 3. The molecule has 6 aliphatic rings. The number of rotatable bonds is 7. The SMILES string of the molecule is COC(=O)CC1C2(C)CC34CC(O)(C2OC(C)=O)C(O)C25OC(C)(O3)OC2(CCC(C)(C(O)c2ccoc2)C5CC=O)C14C. The van der Waals surface area contributed by atoms with Crippen molar-refractivity contribution in [2.75, 3.05) is 7.11 Å². The zero-order chi connectivity index (χ0) is 31.9. The Hall–Kier alpha value is -2.35. The van der Waals surface area contributed by atoms with Gasteiger partial charge in [0.15, 0.2) is 0 Å². The van der Waals surface area contributed by atoms with E-state index >= 15 is 0 Å². The van der Waals surface area contributed by atoms with Gasteiger partial charge in [0.05, 0.1) is 31.3 Å². The van der Waals surface area contributed by atoms with Crippen molar-refractivity contribution < 1.29 is 57.8 Å². The highest BCUT2D eigenvalue weighted by molar-refractivity contribution is 5.71. The highest BCUT2D eigenvalue weighted by atomic mass is 16.9. The van der Waals surface area contributed by atoms with Crippen LogP contribution in [-0.4, -0.2) is 81.2 Å². The van der Waals surface area contributed by atoms with Crippen LogP contribution in [0.25, 0.3) is 0 Å². The van der Waals surface area contributed by atoms with E-state index in [2.05, 4.69) is 0 Å². The average Bonchev–Trinajstić information content (AvgIpc) is 3.60. The van der Waals surface area contributed by atoms with Gasteiger partial charge in [-0.3, -0.25) is 9.59 Å². The zero-order valence-corrected chi connectivity index (χ0v) is 26.0. The van der Waals surface area contributed by atoms with Crippen LogP contribution in [0.15, 0.2) is 23.0 Å². The molecule has 2 saturated heterocycles. The predicted octanol–water partition coefficient (Wildman–Crippen LogP) is 2.32. The number of aliphatic hydroxyl groups is 3. The summed E-state index contributed by atoms with van der Waals surface area (Å²) in [5, 5.41) is 37.7. The van der Waals surface area contributed by atoms with Gasteiger partial charge in [-0.2, -0.15) is 0 Å². The number of aldehydes is 1. The molecule has 7 rings (SSSR count). The number of aliphatic hydroxyl groups excluding tert-OH is 2. The van der Waals surface area contributed by atoms with Crippen LogP contribution in [0.1, 0.15) is 84.8 Å². The Morgan fingerprint density at radius 3 is 2.45 bits per heavy atom. The van der Waals surface area contributed by atoms with Gasteiger partial charge in [0, 0.05) is 60.8 Å². The van der Waals surface area contributed by atoms with Crippen molar-refractivity contribution in [2.45, 2.75) is 120 Å². The van der Waals surface area contributed by atoms with Gasteiger partial charge in [-0.1, -0.05) is 20.8 Å². The lowest BCUT2D eigenvalue weighted by Gasteiger charge is -2.67. The molecule has 13 atom stereocenters. The van der Waals surface area contributed by atoms with E-state index in [1.165, 1.54) is 26.6 Å². The van der Waals surface area contributed by atoms with Crippen LogP contribution in [0.3, 0.4) is 0 Å². The third kappa shape index (κ3) is 3.04. The van der Waals surface area contributed by atoms with Crippen LogP contribution in [0, 0.1) is 28.1 Å². The first kappa shape index (κ1) is 30.3. The van der Waals surface area contributed by atoms with Gasteiger partial charge < -0.3 is 48.2 Å². The summed E-state index contributed by atoms with van der Waals surface area (Å²) in [6, 6.07) is 1.64. The molecule has 12 heteroatoms. The first-order valence-electron chi connectivity index (χ1n) is 15.4. The second kappa shape index (κ2) is 8.71. The van der Waals surface area contributed by atoms with Crippen LogP contribution in [0.4, 0.5) is 0 Å². The van der Waals surface area contributed by atoms with Crippen LogP contribution in [-0.2, 0) is 38.1 Å². The summed E-state index contributed by atoms with van der Waals surface area (Å²) >= 11 is 0. The molecule has 44 heavy (non-hydrogen) atoms. The van der Waals surface area contributed by atoms with Crippen molar-refractivity contribution in [1.82, 2.24) is 0 Å². The molecule has 1 aromatic rings. The average molecular weight is 619 g/mol. The van der Waals surface area contributed by atoms with Gasteiger partial charge in [0.2, 0.25) is 0 Å². The fraction of sp³-hybridized carbons (Fsp3) is 0.781. The lowest BCUT2D eigenvalue weighted by molar-refractivity contribution is -0.447. The van der Waals surface area contributed by atoms with Crippen molar-refractivity contribution in [1.29, 1.82) is 0 Å². The zero-order valence-electron chi connectivity index (χ0n) is 26.0. The molecular formula is C32H42O12. The molecule has 4 aliphatic carbocycles. The van der Waals surface area contributed by atoms with E-state index in [0.717, 1.165) is 6.29 Å². The molecule has 3 heterocycles. The van der Waals surface area contributed by atoms with Crippen LogP contribution in [0.5, 0.6) is 0 Å². The van der Waals surface area contributed by atoms with Crippen molar-refractivity contribution in [3.05, 3.63) is 24.2 Å². The Morgan fingerprint density at radius 1 is 1.11 bits per heavy atom. The van der Waals surface area contributed by atoms with Crippen molar-refractivity contribution >= 4 is 18.2 Å². The third-order valence-corrected chi connectivity index (χ3v) is 13.2. The van der Waals surface area contributed by atoms with E-state index < -0.39 is 86.7 Å². The smallest absolute Gasteiger partial charge is 0.305 e. The summed E-state index contributed by atoms with van der Waals surface area (Å²) < 4.78 is 37.1. The molecule has 13 unspecified atom stereocenters. The Bertz CT molecular complexity index is 1410. The van der Waals surface area contributed by atoms with Crippen molar-refractivity contribution in [3.8, 4) is 0 Å². The Morgan fingerprint density at radius 2 is 1.84 bits per heavy atom. The summed E-state index contributed by atoms with van der Waals surface area (Å²) in [7, 11) is 1.30. The molecule has 5 bridgehead atoms. The summed E-state index contributed by atoms with van der Waals surface area (Å²) in [6.45, 7) is 8.51. The molecule has 2 spiro atoms. The normalized spacial score (nSPS) is 53.6. The minimum atomic E-state index is -2.15. The highest BCUT2D eigenvalue weighted by Crippen LogP contribution is 2.85. The number of ether oxygens (including phenoxy) is 5. The first-order chi connectivity index (χ1) is 20.5. The van der Waals surface area contributed by atoms with Gasteiger partial charge >= 0.3 is 11.9 Å². The van der Waals surface area contributed by atoms with E-state index in [1.54, 1.807) is 13.0 Å². The maximum Gasteiger partial charge on any atom is 0.305 e. The molecule has 12 nitrogen and oxygen atoms in total. The summed E-state index contributed by atoms with van der Waals surface area (Å²) in [4.78, 5) is 38.4. The lowest BCUT2D eigenvalue weighted by Crippen LogP contribution is -2.80. The number of esters is 2. The number of hydrogen-bond acceptors (Lipinski definition) is 12. The highest BCUT2D eigenvalue weighted by Gasteiger charge is 2.96. The first-order valence-corrected chi connectivity index (χ1v) is 15.4. The number of fused-ring (bicyclic) bond motifs is 3. The second-order valence-corrected chi connectivity index (χ2v) is 15.0. The maximum atomic E-state index is 13.2. The minimum absolute atomic E-state index is 0.107. The van der Waals surface area contributed by atoms with Gasteiger partial charge in [-0.05, 0) is 31.2 Å². The summed E-state index contributed by atoms with van der Waals surface area (Å²) in [5.41, 5.74) is -9.43. The third-order valence-electron chi connectivity index (χ3n) is 13.2. The molecule has 0 amide bonds. The van der Waals surface area contributed by atoms with Crippen LogP contribution >= 0.6 is 0 Å². The molecule has 1 aromatic heterocycles. The van der Waals surface area contributed by atoms with Gasteiger partial charge in [-0.25, -0.2) is 0 Å². The van der Waals surface area contributed by atoms with Gasteiger partial charge in [-0.15, -0.1) is 0 Å². The Balaban J connectivity index is 1.56. The van der Waals surface area contributed by atoms with Crippen molar-refractivity contribution in [3.63, 3.8) is 0 Å². The summed E-state index contributed by atoms with van der Waals surface area (Å²) in [6.07, 6.45) is -0.133. The number of furan rings is 1. The lowest BCUT2D eigenvalue weighted by atomic mass is 9.41. The standard InChI is InChI=1S/C32H42O12/c1-17(34)41-24-26(3)15-29-16-30(24,38)23(37)32-19(7-11-33)25(2,22(36)18-8-12-40-14-18)9-10-31(32,43-28(5,42-29)44-32)27(29,4)20(26)13-21(35)39-6/h8,11-12,14,19-20,22-24,36-38H,7,9-10,13,15-16H2,1-6H3. The quantitative estimate of drug-likeness (QED) is 0.301. The molecular weight excluding hydrogens is 576 g/mol. The molecule has 0 aromatic carbocycles. The fourth-order valence-electron chi connectivity index (χ4n) is 11.9. The van der Waals surface area contributed by atoms with Gasteiger partial charge in [0.1, 0.15) is 35.3 Å². The molecule has 2 aliphatic heterocycles. The number of methoxy groups -OCH3 is 1. The largest absolute Gasteiger partial charge is 0.472 e. The fourth-order valence-corrected chi connectivity index (χ4v) is 11.9. The molecule has 6 fully saturated rings. The maximum absolute atomic E-state index is 13.2. The van der Waals surface area contributed by atoms with E-state index in [4.69, 9.17) is 28.1 Å². The predicted molar refractivity (Wildman–Crippen MR) is 147 cm³/mol. The monoisotopic (exact) mass is 618 g/mol. The van der Waals surface area contributed by atoms with E-state index in [9.17, 15) is 29.7 Å². The van der Waals surface area contributed by atoms with Crippen LogP contribution in [0.2, 0.25) is 0 Å². The topological polar surface area (TPSA) is 171 Å². The van der Waals surface area contributed by atoms with Crippen LogP contribution < -0.4 is 0 Å². The molecule has 0 radical (unpaired) electrons. The van der Waals surface area contributed by atoms with E-state index in [0.29, 0.717) is 12.0 Å². The van der Waals surface area contributed by atoms with Crippen molar-refractivity contribution in [2.24, 2.45) is 28.1 Å². The van der Waals surface area contributed by atoms with Gasteiger partial charge in [0.25, 0.3) is 5.97 Å². The number of hydrogen-bond donors (Lipinski definition) is 3. The Kier molecular flexibility index (Phi) is 6.00. The molecule has 3 N–H and O–H groups in total. The minimum Gasteiger partial charge on any atom is -0.472 e. The second-order valence-electron chi connectivity index (χ2n) is 15.0. The van der Waals surface area contributed by atoms with E-state index in [-0.39, 0.29) is 32.1 Å². The summed E-state index contributed by atoms with van der Waals surface area (Å²) in [5.74, 6) is -4.43. The number of carbonyl (C=O) groups excluding carboxylic acids is 3. The molecule has 4 saturated carbocycles. The molecule has 242 valence electrons.